The molecule has 0 radical (unpaired) electrons. The lowest BCUT2D eigenvalue weighted by Crippen LogP contribution is -2.11. The van der Waals surface area contributed by atoms with Crippen molar-refractivity contribution in [3.8, 4) is 0 Å². The number of nitrogens with two attached hydrogens (primary N) is 1. The molecule has 0 aliphatic carbocycles. The van der Waals surface area contributed by atoms with E-state index < -0.39 is 5.82 Å². The van der Waals surface area contributed by atoms with Crippen LogP contribution in [0.25, 0.3) is 0 Å². The molecular weight excluding hydrogens is 275 g/mol. The van der Waals surface area contributed by atoms with E-state index in [1.807, 2.05) is 19.9 Å². The van der Waals surface area contributed by atoms with E-state index >= 15 is 0 Å². The highest BCUT2D eigenvalue weighted by Crippen LogP contribution is 2.21. The summed E-state index contributed by atoms with van der Waals surface area (Å²) in [5.41, 5.74) is 8.34. The van der Waals surface area contributed by atoms with Gasteiger partial charge in [-0.1, -0.05) is 11.8 Å². The first-order chi connectivity index (χ1) is 9.44. The molecule has 1 aromatic heterocycles. The Labute approximate surface area is 121 Å². The number of aryl methyl sites for hydroxylation is 2. The Bertz CT molecular complexity index is 637. The first kappa shape index (κ1) is 14.5. The van der Waals surface area contributed by atoms with Crippen LogP contribution in [-0.2, 0) is 5.75 Å². The van der Waals surface area contributed by atoms with E-state index in [0.717, 1.165) is 17.0 Å². The van der Waals surface area contributed by atoms with Crippen molar-refractivity contribution >= 4 is 17.6 Å². The first-order valence-electron chi connectivity index (χ1n) is 6.03. The predicted molar refractivity (Wildman–Crippen MR) is 78.5 cm³/mol. The molecule has 1 aromatic carbocycles. The molecule has 20 heavy (non-hydrogen) atoms. The maximum absolute atomic E-state index is 13.4. The number of hydrogen-bond donors (Lipinski definition) is 2. The lowest BCUT2D eigenvalue weighted by molar-refractivity contribution is 0.626. The van der Waals surface area contributed by atoms with Gasteiger partial charge in [-0.15, -0.1) is 0 Å². The molecule has 3 N–H and O–H groups in total. The van der Waals surface area contributed by atoms with Crippen molar-refractivity contribution in [3.63, 3.8) is 0 Å². The Morgan fingerprint density at radius 2 is 1.85 bits per heavy atom. The molecule has 0 fully saturated rings. The molecular formula is C14H15FN4S. The van der Waals surface area contributed by atoms with E-state index in [4.69, 9.17) is 11.1 Å². The van der Waals surface area contributed by atoms with Gasteiger partial charge in [-0.2, -0.15) is 0 Å². The summed E-state index contributed by atoms with van der Waals surface area (Å²) >= 11 is 1.43. The molecule has 0 spiro atoms. The van der Waals surface area contributed by atoms with Gasteiger partial charge in [0.25, 0.3) is 0 Å². The van der Waals surface area contributed by atoms with Crippen molar-refractivity contribution in [2.75, 3.05) is 0 Å². The van der Waals surface area contributed by atoms with Crippen molar-refractivity contribution in [3.05, 3.63) is 52.6 Å². The fourth-order valence-corrected chi connectivity index (χ4v) is 2.67. The molecule has 0 bridgehead atoms. The second-order valence-corrected chi connectivity index (χ2v) is 5.43. The molecule has 4 nitrogen and oxygen atoms in total. The molecule has 0 unspecified atom stereocenters. The zero-order valence-corrected chi connectivity index (χ0v) is 12.1. The SMILES string of the molecule is Cc1cc(C)nc(SCc2cc(F)cc(C(=N)N)c2)n1. The first-order valence-corrected chi connectivity index (χ1v) is 7.01. The molecule has 104 valence electrons. The van der Waals surface area contributed by atoms with Crippen molar-refractivity contribution in [1.82, 2.24) is 9.97 Å². The third kappa shape index (κ3) is 3.77. The quantitative estimate of drug-likeness (QED) is 0.393. The summed E-state index contributed by atoms with van der Waals surface area (Å²) in [6.45, 7) is 3.82. The van der Waals surface area contributed by atoms with Crippen molar-refractivity contribution in [2.24, 2.45) is 5.73 Å². The smallest absolute Gasteiger partial charge is 0.188 e. The van der Waals surface area contributed by atoms with Crippen molar-refractivity contribution < 1.29 is 4.39 Å². The number of thioether (sulfide) groups is 1. The monoisotopic (exact) mass is 290 g/mol. The van der Waals surface area contributed by atoms with E-state index in [2.05, 4.69) is 9.97 Å². The van der Waals surface area contributed by atoms with Gasteiger partial charge in [-0.05, 0) is 43.7 Å². The third-order valence-corrected chi connectivity index (χ3v) is 3.52. The molecule has 0 aliphatic heterocycles. The summed E-state index contributed by atoms with van der Waals surface area (Å²) < 4.78 is 13.4. The Balaban J connectivity index is 2.16. The summed E-state index contributed by atoms with van der Waals surface area (Å²) in [7, 11) is 0. The van der Waals surface area contributed by atoms with Crippen LogP contribution >= 0.6 is 11.8 Å². The van der Waals surface area contributed by atoms with Crippen molar-refractivity contribution in [1.29, 1.82) is 5.41 Å². The van der Waals surface area contributed by atoms with Crippen LogP contribution in [0.15, 0.2) is 29.4 Å². The minimum Gasteiger partial charge on any atom is -0.384 e. The molecule has 2 aromatic rings. The number of aromatic nitrogens is 2. The van der Waals surface area contributed by atoms with Crippen LogP contribution in [-0.4, -0.2) is 15.8 Å². The van der Waals surface area contributed by atoms with E-state index in [-0.39, 0.29) is 5.84 Å². The molecule has 1 heterocycles. The minimum atomic E-state index is -0.394. The van der Waals surface area contributed by atoms with Gasteiger partial charge < -0.3 is 5.73 Å². The number of rotatable bonds is 4. The van der Waals surface area contributed by atoms with E-state index in [0.29, 0.717) is 16.5 Å². The Morgan fingerprint density at radius 3 is 2.45 bits per heavy atom. The number of amidine groups is 1. The summed E-state index contributed by atoms with van der Waals surface area (Å²) in [5.74, 6) is -0.00552. The summed E-state index contributed by atoms with van der Waals surface area (Å²) in [5, 5.41) is 8.02. The highest BCUT2D eigenvalue weighted by atomic mass is 32.2. The average molecular weight is 290 g/mol. The summed E-state index contributed by atoms with van der Waals surface area (Å²) in [6, 6.07) is 6.30. The zero-order valence-electron chi connectivity index (χ0n) is 11.3. The average Bonchev–Trinajstić information content (AvgIpc) is 2.34. The van der Waals surface area contributed by atoms with Gasteiger partial charge in [-0.25, -0.2) is 14.4 Å². The number of hydrogen-bond acceptors (Lipinski definition) is 4. The molecule has 0 amide bonds. The second-order valence-electron chi connectivity index (χ2n) is 4.48. The molecule has 6 heteroatoms. The summed E-state index contributed by atoms with van der Waals surface area (Å²) in [6.07, 6.45) is 0. The van der Waals surface area contributed by atoms with Crippen LogP contribution in [0.2, 0.25) is 0 Å². The van der Waals surface area contributed by atoms with Crippen LogP contribution in [0.4, 0.5) is 4.39 Å². The Kier molecular flexibility index (Phi) is 4.34. The maximum Gasteiger partial charge on any atom is 0.188 e. The highest BCUT2D eigenvalue weighted by Gasteiger charge is 2.06. The number of nitrogen functional groups attached to an aromatic ring is 1. The Hall–Kier alpha value is -1.95. The molecule has 0 atom stereocenters. The van der Waals surface area contributed by atoms with Gasteiger partial charge in [0.2, 0.25) is 0 Å². The van der Waals surface area contributed by atoms with E-state index in [1.54, 1.807) is 6.07 Å². The summed E-state index contributed by atoms with van der Waals surface area (Å²) in [4.78, 5) is 8.64. The lowest BCUT2D eigenvalue weighted by Gasteiger charge is -2.06. The molecule has 0 saturated carbocycles. The van der Waals surface area contributed by atoms with Gasteiger partial charge in [0, 0.05) is 22.7 Å². The molecule has 0 aliphatic rings. The molecule has 0 saturated heterocycles. The fraction of sp³-hybridized carbons (Fsp3) is 0.214. The van der Waals surface area contributed by atoms with E-state index in [1.165, 1.54) is 23.9 Å². The third-order valence-electron chi connectivity index (χ3n) is 2.60. The standard InChI is InChI=1S/C14H15FN4S/c1-8-3-9(2)19-14(18-8)20-7-10-4-11(13(16)17)6-12(15)5-10/h3-6H,7H2,1-2H3,(H3,16,17). The van der Waals surface area contributed by atoms with Gasteiger partial charge in [-0.3, -0.25) is 5.41 Å². The van der Waals surface area contributed by atoms with Crippen LogP contribution in [0.3, 0.4) is 0 Å². The number of nitrogens with zero attached hydrogens (tertiary/aromatic N) is 2. The predicted octanol–water partition coefficient (Wildman–Crippen LogP) is 2.81. The van der Waals surface area contributed by atoms with Crippen molar-refractivity contribution in [2.45, 2.75) is 24.8 Å². The lowest BCUT2D eigenvalue weighted by atomic mass is 10.1. The minimum absolute atomic E-state index is 0.140. The largest absolute Gasteiger partial charge is 0.384 e. The van der Waals surface area contributed by atoms with Crippen LogP contribution in [0, 0.1) is 25.1 Å². The van der Waals surface area contributed by atoms with Crippen LogP contribution < -0.4 is 5.73 Å². The maximum atomic E-state index is 13.4. The fourth-order valence-electron chi connectivity index (χ4n) is 1.80. The zero-order chi connectivity index (χ0) is 14.7. The van der Waals surface area contributed by atoms with Gasteiger partial charge in [0.05, 0.1) is 0 Å². The Morgan fingerprint density at radius 1 is 1.20 bits per heavy atom. The normalized spacial score (nSPS) is 10.6. The topological polar surface area (TPSA) is 75.7 Å². The number of nitrogens with one attached hydrogen (secondary N) is 1. The second kappa shape index (κ2) is 6.00. The van der Waals surface area contributed by atoms with Gasteiger partial charge in [0.1, 0.15) is 11.7 Å². The van der Waals surface area contributed by atoms with Crippen LogP contribution in [0.1, 0.15) is 22.5 Å². The number of benzene rings is 1. The van der Waals surface area contributed by atoms with Gasteiger partial charge >= 0.3 is 0 Å². The highest BCUT2D eigenvalue weighted by molar-refractivity contribution is 7.98. The van der Waals surface area contributed by atoms with E-state index in [9.17, 15) is 4.39 Å². The van der Waals surface area contributed by atoms with Crippen LogP contribution in [0.5, 0.6) is 0 Å². The molecule has 2 rings (SSSR count). The van der Waals surface area contributed by atoms with Gasteiger partial charge in [0.15, 0.2) is 5.16 Å². The number of halogens is 1.